The number of amides is 6. The minimum absolute atomic E-state index is 0.00536. The molecule has 1 unspecified atom stereocenters. The number of hydrogen-bond acceptors (Lipinski definition) is 13. The molecule has 0 spiro atoms. The topological polar surface area (TPSA) is 235 Å². The highest BCUT2D eigenvalue weighted by molar-refractivity contribution is 5.96. The Kier molecular flexibility index (Phi) is 21.7. The molecule has 2 aliphatic rings. The fraction of sp³-hybridized carbons (Fsp3) is 0.455. The Labute approximate surface area is 513 Å². The molecule has 20 nitrogen and oxygen atoms in total. The summed E-state index contributed by atoms with van der Waals surface area (Å²) in [5.74, 6) is -1.53. The number of ether oxygens (including phenoxy) is 2. The van der Waals surface area contributed by atoms with Gasteiger partial charge in [-0.05, 0) is 149 Å². The molecule has 4 N–H and O–H groups in total. The summed E-state index contributed by atoms with van der Waals surface area (Å²) in [5, 5.41) is 21.0. The van der Waals surface area contributed by atoms with Crippen LogP contribution >= 0.6 is 0 Å². The van der Waals surface area contributed by atoms with Crippen LogP contribution in [0, 0.1) is 17.0 Å². The van der Waals surface area contributed by atoms with E-state index < -0.39 is 64.6 Å². The fourth-order valence-electron chi connectivity index (χ4n) is 10.8. The van der Waals surface area contributed by atoms with Crippen molar-refractivity contribution in [3.8, 4) is 17.3 Å². The number of rotatable bonds is 24. The molecule has 8 rings (SSSR count). The van der Waals surface area contributed by atoms with Gasteiger partial charge in [0.1, 0.15) is 53.1 Å². The van der Waals surface area contributed by atoms with Crippen molar-refractivity contribution >= 4 is 41.3 Å². The number of halogens is 2. The van der Waals surface area contributed by atoms with Crippen molar-refractivity contribution in [3.05, 3.63) is 154 Å². The van der Waals surface area contributed by atoms with Gasteiger partial charge in [0.2, 0.25) is 23.6 Å². The van der Waals surface area contributed by atoms with Gasteiger partial charge < -0.3 is 45.1 Å². The van der Waals surface area contributed by atoms with Crippen LogP contribution in [-0.2, 0) is 62.9 Å². The maximum absolute atomic E-state index is 15.1. The lowest BCUT2D eigenvalue weighted by atomic mass is 9.83. The Morgan fingerprint density at radius 3 is 2.32 bits per heavy atom. The Balaban J connectivity index is 0.843. The third kappa shape index (κ3) is 17.0. The van der Waals surface area contributed by atoms with Crippen molar-refractivity contribution < 1.29 is 47.0 Å². The predicted octanol–water partition coefficient (Wildman–Crippen LogP) is 9.28. The zero-order valence-corrected chi connectivity index (χ0v) is 51.8. The van der Waals surface area contributed by atoms with E-state index in [0.717, 1.165) is 54.5 Å². The summed E-state index contributed by atoms with van der Waals surface area (Å²) in [5.41, 5.74) is 3.63. The summed E-state index contributed by atoms with van der Waals surface area (Å²) in [4.78, 5) is 96.0. The molecule has 22 heteroatoms. The van der Waals surface area contributed by atoms with Crippen molar-refractivity contribution in [2.24, 2.45) is 5.41 Å². The van der Waals surface area contributed by atoms with E-state index in [9.17, 15) is 32.8 Å². The number of fused-ring (bicyclic) bond motifs is 2. The number of aryl methyl sites for hydroxylation is 1. The molecule has 0 saturated heterocycles. The first kappa shape index (κ1) is 65.2. The molecule has 1 aliphatic carbocycles. The van der Waals surface area contributed by atoms with Gasteiger partial charge in [-0.15, -0.1) is 10.2 Å². The molecule has 4 aromatic carbocycles. The van der Waals surface area contributed by atoms with Gasteiger partial charge in [-0.25, -0.2) is 23.5 Å². The fourth-order valence-corrected chi connectivity index (χ4v) is 10.8. The monoisotopic (exact) mass is 1210 g/mol. The molecule has 0 saturated carbocycles. The van der Waals surface area contributed by atoms with E-state index in [1.165, 1.54) is 29.9 Å². The number of nitrogens with one attached hydrogen (secondary N) is 4. The molecule has 3 heterocycles. The van der Waals surface area contributed by atoms with Crippen LogP contribution < -0.4 is 26.0 Å². The van der Waals surface area contributed by atoms with Crippen LogP contribution in [0.4, 0.5) is 19.3 Å². The van der Waals surface area contributed by atoms with E-state index in [0.29, 0.717) is 74.2 Å². The standard InChI is InChI=1S/C66H82F2N12O8/c1-42(78(9)64(86)88-66(5,6)7)60(82)74-58(65(2,3)4)63(85)80-40-46-36-48(29-28-44(46)37-55(80)62(84)73-53-26-16-20-43-19-12-13-23-49(43)53)87-34-14-10-11-27-57(81)77(8)32-18-33-79-56(75-76-59(79)54-30-31-69-41-72-54)39-70-47-22-15-21-45(35-47)61(83)71-38-50-51(67)24-17-25-52(50)68/h12-13,15,17,19,21-25,28-31,35-36,41-42,53,55,58,70H,10-11,14,16,18,20,26-27,32-34,37-40H2,1-9H3,(H,71,83)(H,73,84)(H,74,82)/t42-,53+,55?,58+/m0/s1. The summed E-state index contributed by atoms with van der Waals surface area (Å²) >= 11 is 0. The third-order valence-electron chi connectivity index (χ3n) is 15.9. The van der Waals surface area contributed by atoms with Gasteiger partial charge in [-0.2, -0.15) is 0 Å². The molecule has 0 fully saturated rings. The van der Waals surface area contributed by atoms with Gasteiger partial charge in [-0.3, -0.25) is 28.9 Å². The van der Waals surface area contributed by atoms with Crippen LogP contribution in [0.25, 0.3) is 11.5 Å². The van der Waals surface area contributed by atoms with Crippen molar-refractivity contribution in [2.45, 2.75) is 162 Å². The second-order valence-corrected chi connectivity index (χ2v) is 24.7. The number of hydrogen-bond donors (Lipinski definition) is 4. The van der Waals surface area contributed by atoms with Gasteiger partial charge in [0.15, 0.2) is 11.6 Å². The summed E-state index contributed by atoms with van der Waals surface area (Å²) in [6, 6.07) is 22.7. The van der Waals surface area contributed by atoms with Crippen LogP contribution in [0.1, 0.15) is 143 Å². The van der Waals surface area contributed by atoms with E-state index in [1.54, 1.807) is 81.1 Å². The van der Waals surface area contributed by atoms with Gasteiger partial charge >= 0.3 is 6.09 Å². The lowest BCUT2D eigenvalue weighted by Gasteiger charge is -2.42. The number of benzene rings is 4. The molecule has 1 aliphatic heterocycles. The quantitative estimate of drug-likeness (QED) is 0.0414. The molecular weight excluding hydrogens is 1130 g/mol. The molecule has 4 atom stereocenters. The number of anilines is 1. The molecule has 88 heavy (non-hydrogen) atoms. The SMILES string of the molecule is C[C@@H](C(=O)N[C@H](C(=O)N1Cc2cc(OCCCCCC(=O)N(C)CCCn3c(CNc4cccc(C(=O)NCc5c(F)cccc5F)c4)nnc3-c3ccncn3)ccc2CC1C(=O)N[C@@H]1CCCc2ccccc21)C(C)(C)C)N(C)C(=O)OC(C)(C)C. The van der Waals surface area contributed by atoms with Gasteiger partial charge in [0.05, 0.1) is 19.2 Å². The first-order valence-corrected chi connectivity index (χ1v) is 30.1. The maximum Gasteiger partial charge on any atom is 0.410 e. The molecule has 6 amide bonds. The zero-order valence-electron chi connectivity index (χ0n) is 51.8. The number of carbonyl (C=O) groups is 6. The molecule has 0 bridgehead atoms. The average molecular weight is 1210 g/mol. The van der Waals surface area contributed by atoms with Crippen molar-refractivity contribution in [1.82, 2.24) is 55.4 Å². The van der Waals surface area contributed by atoms with E-state index >= 15 is 4.79 Å². The summed E-state index contributed by atoms with van der Waals surface area (Å²) in [6.07, 6.45) is 8.21. The molecule has 0 radical (unpaired) electrons. The maximum atomic E-state index is 15.1. The van der Waals surface area contributed by atoms with E-state index in [4.69, 9.17) is 9.47 Å². The van der Waals surface area contributed by atoms with E-state index in [-0.39, 0.29) is 55.0 Å². The summed E-state index contributed by atoms with van der Waals surface area (Å²) in [7, 11) is 3.26. The number of likely N-dealkylation sites (N-methyl/N-ethyl adjacent to an activating group) is 1. The Bertz CT molecular complexity index is 3420. The first-order valence-electron chi connectivity index (χ1n) is 30.1. The second kappa shape index (κ2) is 29.2. The minimum Gasteiger partial charge on any atom is -0.494 e. The summed E-state index contributed by atoms with van der Waals surface area (Å²) in [6.45, 7) is 13.7. The van der Waals surface area contributed by atoms with Crippen molar-refractivity contribution in [1.29, 1.82) is 0 Å². The Hall–Kier alpha value is -8.82. The number of unbranched alkanes of at least 4 members (excludes halogenated alkanes) is 2. The Morgan fingerprint density at radius 1 is 0.818 bits per heavy atom. The van der Waals surface area contributed by atoms with Crippen LogP contribution in [0.3, 0.4) is 0 Å². The van der Waals surface area contributed by atoms with Crippen LogP contribution in [-0.4, -0.2) is 126 Å². The first-order chi connectivity index (χ1) is 41.9. The highest BCUT2D eigenvalue weighted by Crippen LogP contribution is 2.34. The largest absolute Gasteiger partial charge is 0.494 e. The lowest BCUT2D eigenvalue weighted by Crippen LogP contribution is -2.62. The smallest absolute Gasteiger partial charge is 0.410 e. The van der Waals surface area contributed by atoms with Gasteiger partial charge in [0.25, 0.3) is 5.91 Å². The van der Waals surface area contributed by atoms with Crippen LogP contribution in [0.5, 0.6) is 5.75 Å². The molecule has 6 aromatic rings. The number of nitrogens with zero attached hydrogens (tertiary/aromatic N) is 8. The lowest BCUT2D eigenvalue weighted by molar-refractivity contribution is -0.147. The normalized spacial score (nSPS) is 15.4. The minimum atomic E-state index is -1.07. The number of carbonyl (C=O) groups excluding carboxylic acids is 6. The van der Waals surface area contributed by atoms with E-state index in [2.05, 4.69) is 47.5 Å². The third-order valence-corrected chi connectivity index (χ3v) is 15.9. The van der Waals surface area contributed by atoms with Crippen LogP contribution in [0.2, 0.25) is 0 Å². The van der Waals surface area contributed by atoms with Crippen molar-refractivity contribution in [3.63, 3.8) is 0 Å². The summed E-state index contributed by atoms with van der Waals surface area (Å²) < 4.78 is 42.1. The zero-order chi connectivity index (χ0) is 63.3. The van der Waals surface area contributed by atoms with Gasteiger partial charge in [0, 0.05) is 76.1 Å². The predicted molar refractivity (Wildman–Crippen MR) is 328 cm³/mol. The highest BCUT2D eigenvalue weighted by atomic mass is 19.1. The Morgan fingerprint density at radius 2 is 1.58 bits per heavy atom. The van der Waals surface area contributed by atoms with Gasteiger partial charge in [-0.1, -0.05) is 63.2 Å². The molecule has 2 aromatic heterocycles. The average Bonchev–Trinajstić information content (AvgIpc) is 2.49. The second-order valence-electron chi connectivity index (χ2n) is 24.7. The van der Waals surface area contributed by atoms with Crippen molar-refractivity contribution in [2.75, 3.05) is 32.6 Å². The molecule has 468 valence electrons. The molecular formula is C66H82F2N12O8. The van der Waals surface area contributed by atoms with Crippen LogP contribution in [0.15, 0.2) is 104 Å². The van der Waals surface area contributed by atoms with E-state index in [1.807, 2.05) is 61.7 Å². The highest BCUT2D eigenvalue weighted by Gasteiger charge is 2.44. The number of aromatic nitrogens is 5.